The van der Waals surface area contributed by atoms with Gasteiger partial charge in [-0.3, -0.25) is 14.3 Å². The number of carboxylic acid groups (broad SMARTS) is 1. The molecule has 0 saturated carbocycles. The molecule has 0 bridgehead atoms. The second kappa shape index (κ2) is 6.86. The summed E-state index contributed by atoms with van der Waals surface area (Å²) in [6, 6.07) is 7.84. The van der Waals surface area contributed by atoms with Crippen LogP contribution in [-0.4, -0.2) is 33.3 Å². The molecule has 1 aliphatic heterocycles. The molecule has 2 aromatic rings. The number of fused-ring (bicyclic) bond motifs is 1. The Kier molecular flexibility index (Phi) is 4.64. The SMILES string of the molecule is CCn1cc(C(=O)N2CC(CCC(=O)O)Cc3ccccc32)cn1. The van der Waals surface area contributed by atoms with Crippen molar-refractivity contribution in [3.63, 3.8) is 0 Å². The molecular formula is C18H21N3O3. The van der Waals surface area contributed by atoms with Gasteiger partial charge in [-0.15, -0.1) is 0 Å². The molecule has 1 aliphatic rings. The Bertz CT molecular complexity index is 753. The van der Waals surface area contributed by atoms with Crippen LogP contribution in [0.25, 0.3) is 0 Å². The van der Waals surface area contributed by atoms with Crippen molar-refractivity contribution in [2.45, 2.75) is 32.7 Å². The molecule has 1 unspecified atom stereocenters. The first-order valence-electron chi connectivity index (χ1n) is 8.22. The van der Waals surface area contributed by atoms with Gasteiger partial charge < -0.3 is 10.0 Å². The zero-order chi connectivity index (χ0) is 17.1. The Morgan fingerprint density at radius 3 is 2.83 bits per heavy atom. The number of rotatable bonds is 5. The number of carboxylic acids is 1. The zero-order valence-electron chi connectivity index (χ0n) is 13.7. The van der Waals surface area contributed by atoms with Crippen LogP contribution < -0.4 is 4.90 Å². The molecule has 3 rings (SSSR count). The van der Waals surface area contributed by atoms with Crippen molar-refractivity contribution in [2.75, 3.05) is 11.4 Å². The lowest BCUT2D eigenvalue weighted by Gasteiger charge is -2.34. The highest BCUT2D eigenvalue weighted by Gasteiger charge is 2.29. The summed E-state index contributed by atoms with van der Waals surface area (Å²) in [5, 5.41) is 13.1. The van der Waals surface area contributed by atoms with E-state index in [-0.39, 0.29) is 18.2 Å². The Hall–Kier alpha value is -2.63. The van der Waals surface area contributed by atoms with Crippen LogP contribution in [0.4, 0.5) is 5.69 Å². The topological polar surface area (TPSA) is 75.4 Å². The Balaban J connectivity index is 1.86. The molecule has 1 aromatic heterocycles. The summed E-state index contributed by atoms with van der Waals surface area (Å²) in [5.41, 5.74) is 2.57. The lowest BCUT2D eigenvalue weighted by Crippen LogP contribution is -2.40. The summed E-state index contributed by atoms with van der Waals surface area (Å²) in [4.78, 5) is 25.6. The van der Waals surface area contributed by atoms with Crippen LogP contribution in [0, 0.1) is 5.92 Å². The molecule has 0 fully saturated rings. The summed E-state index contributed by atoms with van der Waals surface area (Å²) in [6.07, 6.45) is 4.85. The first-order chi connectivity index (χ1) is 11.6. The molecule has 0 radical (unpaired) electrons. The minimum Gasteiger partial charge on any atom is -0.481 e. The molecule has 1 N–H and O–H groups in total. The predicted octanol–water partition coefficient (Wildman–Crippen LogP) is 2.59. The number of anilines is 1. The maximum Gasteiger partial charge on any atom is 0.303 e. The van der Waals surface area contributed by atoms with Crippen molar-refractivity contribution in [2.24, 2.45) is 5.92 Å². The van der Waals surface area contributed by atoms with Crippen LogP contribution in [-0.2, 0) is 17.8 Å². The van der Waals surface area contributed by atoms with E-state index in [0.29, 0.717) is 25.1 Å². The fourth-order valence-corrected chi connectivity index (χ4v) is 3.19. The number of hydrogen-bond donors (Lipinski definition) is 1. The monoisotopic (exact) mass is 327 g/mol. The molecule has 24 heavy (non-hydrogen) atoms. The van der Waals surface area contributed by atoms with Gasteiger partial charge in [0.1, 0.15) is 0 Å². The average Bonchev–Trinajstić information content (AvgIpc) is 3.07. The maximum absolute atomic E-state index is 12.9. The fourth-order valence-electron chi connectivity index (χ4n) is 3.19. The molecule has 0 aliphatic carbocycles. The van der Waals surface area contributed by atoms with Crippen molar-refractivity contribution < 1.29 is 14.7 Å². The number of nitrogens with zero attached hydrogens (tertiary/aromatic N) is 3. The molecular weight excluding hydrogens is 306 g/mol. The smallest absolute Gasteiger partial charge is 0.303 e. The van der Waals surface area contributed by atoms with E-state index in [1.165, 1.54) is 0 Å². The van der Waals surface area contributed by atoms with Crippen LogP contribution in [0.15, 0.2) is 36.7 Å². The fraction of sp³-hybridized carbons (Fsp3) is 0.389. The quantitative estimate of drug-likeness (QED) is 0.916. The average molecular weight is 327 g/mol. The summed E-state index contributed by atoms with van der Waals surface area (Å²) >= 11 is 0. The van der Waals surface area contributed by atoms with Crippen LogP contribution in [0.1, 0.15) is 35.7 Å². The van der Waals surface area contributed by atoms with E-state index < -0.39 is 5.97 Å². The lowest BCUT2D eigenvalue weighted by atomic mass is 9.89. The van der Waals surface area contributed by atoms with Gasteiger partial charge in [0, 0.05) is 31.4 Å². The van der Waals surface area contributed by atoms with E-state index >= 15 is 0 Å². The first-order valence-corrected chi connectivity index (χ1v) is 8.22. The number of hydrogen-bond acceptors (Lipinski definition) is 3. The second-order valence-electron chi connectivity index (χ2n) is 6.13. The van der Waals surface area contributed by atoms with Gasteiger partial charge in [0.2, 0.25) is 0 Å². The molecule has 0 saturated heterocycles. The number of carbonyl (C=O) groups is 2. The highest BCUT2D eigenvalue weighted by Crippen LogP contribution is 2.32. The maximum atomic E-state index is 12.9. The van der Waals surface area contributed by atoms with Crippen LogP contribution in [0.3, 0.4) is 0 Å². The number of amides is 1. The van der Waals surface area contributed by atoms with Gasteiger partial charge >= 0.3 is 5.97 Å². The van der Waals surface area contributed by atoms with E-state index in [0.717, 1.165) is 17.7 Å². The number of para-hydroxylation sites is 1. The summed E-state index contributed by atoms with van der Waals surface area (Å²) in [5.74, 6) is -0.723. The molecule has 6 nitrogen and oxygen atoms in total. The summed E-state index contributed by atoms with van der Waals surface area (Å²) < 4.78 is 1.73. The Morgan fingerprint density at radius 2 is 2.12 bits per heavy atom. The molecule has 1 aromatic carbocycles. The first kappa shape index (κ1) is 16.2. The molecule has 1 amide bonds. The second-order valence-corrected chi connectivity index (χ2v) is 6.13. The molecule has 126 valence electrons. The number of aryl methyl sites for hydroxylation is 1. The normalized spacial score (nSPS) is 16.7. The number of carbonyl (C=O) groups excluding carboxylic acids is 1. The van der Waals surface area contributed by atoms with Crippen LogP contribution in [0.5, 0.6) is 0 Å². The van der Waals surface area contributed by atoms with E-state index in [9.17, 15) is 9.59 Å². The van der Waals surface area contributed by atoms with Gasteiger partial charge in [-0.25, -0.2) is 0 Å². The minimum absolute atomic E-state index is 0.0813. The highest BCUT2D eigenvalue weighted by molar-refractivity contribution is 6.06. The van der Waals surface area contributed by atoms with Crippen molar-refractivity contribution in [3.8, 4) is 0 Å². The van der Waals surface area contributed by atoms with E-state index in [4.69, 9.17) is 5.11 Å². The number of benzene rings is 1. The lowest BCUT2D eigenvalue weighted by molar-refractivity contribution is -0.137. The number of aromatic nitrogens is 2. The summed E-state index contributed by atoms with van der Waals surface area (Å²) in [7, 11) is 0. The third kappa shape index (κ3) is 3.32. The Labute approximate surface area is 140 Å². The van der Waals surface area contributed by atoms with Crippen LogP contribution in [0.2, 0.25) is 0 Å². The predicted molar refractivity (Wildman–Crippen MR) is 90.1 cm³/mol. The largest absolute Gasteiger partial charge is 0.481 e. The van der Waals surface area contributed by atoms with Gasteiger partial charge in [0.25, 0.3) is 5.91 Å². The summed E-state index contributed by atoms with van der Waals surface area (Å²) in [6.45, 7) is 3.23. The van der Waals surface area contributed by atoms with Crippen LogP contribution >= 0.6 is 0 Å². The third-order valence-electron chi connectivity index (χ3n) is 4.45. The van der Waals surface area contributed by atoms with E-state index in [1.54, 1.807) is 22.0 Å². The van der Waals surface area contributed by atoms with Crippen molar-refractivity contribution >= 4 is 17.6 Å². The molecule has 6 heteroatoms. The van der Waals surface area contributed by atoms with Gasteiger partial charge in [-0.2, -0.15) is 5.10 Å². The molecule has 0 spiro atoms. The van der Waals surface area contributed by atoms with Gasteiger partial charge in [-0.1, -0.05) is 18.2 Å². The third-order valence-corrected chi connectivity index (χ3v) is 4.45. The zero-order valence-corrected chi connectivity index (χ0v) is 13.7. The Morgan fingerprint density at radius 1 is 1.33 bits per heavy atom. The van der Waals surface area contributed by atoms with E-state index in [1.807, 2.05) is 31.2 Å². The minimum atomic E-state index is -0.795. The van der Waals surface area contributed by atoms with Gasteiger partial charge in [0.15, 0.2) is 0 Å². The molecule has 1 atom stereocenters. The van der Waals surface area contributed by atoms with E-state index in [2.05, 4.69) is 5.10 Å². The van der Waals surface area contributed by atoms with Crippen molar-refractivity contribution in [1.29, 1.82) is 0 Å². The van der Waals surface area contributed by atoms with Gasteiger partial charge in [-0.05, 0) is 37.3 Å². The van der Waals surface area contributed by atoms with Crippen molar-refractivity contribution in [3.05, 3.63) is 47.8 Å². The van der Waals surface area contributed by atoms with Crippen molar-refractivity contribution in [1.82, 2.24) is 9.78 Å². The van der Waals surface area contributed by atoms with Gasteiger partial charge in [0.05, 0.1) is 11.8 Å². The highest BCUT2D eigenvalue weighted by atomic mass is 16.4. The standard InChI is InChI=1S/C18H21N3O3/c1-2-20-12-15(10-19-20)18(24)21-11-13(7-8-17(22)23)9-14-5-3-4-6-16(14)21/h3-6,10,12-13H,2,7-9,11H2,1H3,(H,22,23). The molecule has 2 heterocycles. The number of aliphatic carboxylic acids is 1.